The van der Waals surface area contributed by atoms with Crippen LogP contribution in [0.2, 0.25) is 0 Å². The highest BCUT2D eigenvalue weighted by molar-refractivity contribution is 5.70. The number of fused-ring (bicyclic) bond motifs is 1. The van der Waals surface area contributed by atoms with Gasteiger partial charge in [0.25, 0.3) is 0 Å². The van der Waals surface area contributed by atoms with Gasteiger partial charge in [-0.05, 0) is 30.4 Å². The lowest BCUT2D eigenvalue weighted by atomic mass is 9.97. The van der Waals surface area contributed by atoms with Gasteiger partial charge >= 0.3 is 5.97 Å². The molecular weight excluding hydrogens is 240 g/mol. The molecule has 2 aliphatic heterocycles. The van der Waals surface area contributed by atoms with E-state index in [-0.39, 0.29) is 5.92 Å². The molecule has 0 unspecified atom stereocenters. The highest BCUT2D eigenvalue weighted by Crippen LogP contribution is 2.24. The van der Waals surface area contributed by atoms with Crippen LogP contribution in [-0.2, 0) is 17.8 Å². The van der Waals surface area contributed by atoms with Crippen molar-refractivity contribution in [3.8, 4) is 0 Å². The van der Waals surface area contributed by atoms with E-state index in [4.69, 9.17) is 5.11 Å². The number of hydrazine groups is 1. The van der Waals surface area contributed by atoms with Crippen LogP contribution in [0.4, 0.5) is 0 Å². The van der Waals surface area contributed by atoms with E-state index in [2.05, 4.69) is 34.3 Å². The van der Waals surface area contributed by atoms with Crippen LogP contribution in [0, 0.1) is 5.92 Å². The monoisotopic (exact) mass is 260 g/mol. The summed E-state index contributed by atoms with van der Waals surface area (Å²) >= 11 is 0. The molecule has 0 radical (unpaired) electrons. The van der Waals surface area contributed by atoms with Gasteiger partial charge in [-0.15, -0.1) is 0 Å². The normalized spacial score (nSPS) is 22.1. The Morgan fingerprint density at radius 1 is 1.05 bits per heavy atom. The molecular formula is C15H20N2O2. The van der Waals surface area contributed by atoms with E-state index in [9.17, 15) is 4.79 Å². The third-order valence-corrected chi connectivity index (χ3v) is 4.33. The minimum Gasteiger partial charge on any atom is -0.481 e. The van der Waals surface area contributed by atoms with E-state index < -0.39 is 5.97 Å². The molecule has 0 aliphatic carbocycles. The van der Waals surface area contributed by atoms with E-state index in [0.717, 1.165) is 45.4 Å². The van der Waals surface area contributed by atoms with Crippen molar-refractivity contribution in [3.63, 3.8) is 0 Å². The molecule has 4 heteroatoms. The van der Waals surface area contributed by atoms with Crippen LogP contribution in [0.25, 0.3) is 0 Å². The minimum absolute atomic E-state index is 0.145. The molecule has 2 aliphatic rings. The second kappa shape index (κ2) is 5.31. The number of carbonyl (C=O) groups is 1. The Morgan fingerprint density at radius 2 is 1.74 bits per heavy atom. The van der Waals surface area contributed by atoms with Gasteiger partial charge in [0.05, 0.1) is 5.92 Å². The summed E-state index contributed by atoms with van der Waals surface area (Å²) in [6.07, 6.45) is 2.63. The largest absolute Gasteiger partial charge is 0.481 e. The summed E-state index contributed by atoms with van der Waals surface area (Å²) in [6.45, 7) is 3.76. The molecule has 1 aromatic rings. The van der Waals surface area contributed by atoms with Crippen LogP contribution in [0.1, 0.15) is 24.0 Å². The van der Waals surface area contributed by atoms with Gasteiger partial charge in [0.1, 0.15) is 0 Å². The maximum Gasteiger partial charge on any atom is 0.306 e. The van der Waals surface area contributed by atoms with Gasteiger partial charge in [-0.1, -0.05) is 24.3 Å². The van der Waals surface area contributed by atoms with E-state index in [1.807, 2.05) is 0 Å². The molecule has 1 N–H and O–H groups in total. The first-order valence-corrected chi connectivity index (χ1v) is 7.03. The van der Waals surface area contributed by atoms with Crippen molar-refractivity contribution in [3.05, 3.63) is 35.4 Å². The van der Waals surface area contributed by atoms with Crippen LogP contribution in [0.3, 0.4) is 0 Å². The fourth-order valence-electron chi connectivity index (χ4n) is 3.12. The third-order valence-electron chi connectivity index (χ3n) is 4.33. The van der Waals surface area contributed by atoms with Crippen molar-refractivity contribution in [1.82, 2.24) is 10.0 Å². The van der Waals surface area contributed by atoms with Gasteiger partial charge in [0.2, 0.25) is 0 Å². The first-order chi connectivity index (χ1) is 9.24. The van der Waals surface area contributed by atoms with E-state index >= 15 is 0 Å². The molecule has 0 spiro atoms. The van der Waals surface area contributed by atoms with Gasteiger partial charge in [0, 0.05) is 26.2 Å². The number of carboxylic acids is 1. The summed E-state index contributed by atoms with van der Waals surface area (Å²) in [7, 11) is 0. The molecule has 4 nitrogen and oxygen atoms in total. The highest BCUT2D eigenvalue weighted by Gasteiger charge is 2.28. The van der Waals surface area contributed by atoms with Crippen LogP contribution in [0.15, 0.2) is 24.3 Å². The zero-order valence-corrected chi connectivity index (χ0v) is 11.1. The Hall–Kier alpha value is -1.39. The maximum absolute atomic E-state index is 11.0. The van der Waals surface area contributed by atoms with Crippen molar-refractivity contribution in [2.24, 2.45) is 5.92 Å². The Labute approximate surface area is 113 Å². The van der Waals surface area contributed by atoms with Crippen LogP contribution in [-0.4, -0.2) is 40.7 Å². The average molecular weight is 260 g/mol. The van der Waals surface area contributed by atoms with E-state index in [1.165, 1.54) is 11.1 Å². The summed E-state index contributed by atoms with van der Waals surface area (Å²) in [4.78, 5) is 11.0. The molecule has 3 rings (SSSR count). The van der Waals surface area contributed by atoms with Crippen LogP contribution < -0.4 is 0 Å². The lowest BCUT2D eigenvalue weighted by Crippen LogP contribution is -2.49. The molecule has 0 aromatic heterocycles. The lowest BCUT2D eigenvalue weighted by molar-refractivity contribution is -0.146. The van der Waals surface area contributed by atoms with Gasteiger partial charge in [-0.2, -0.15) is 0 Å². The molecule has 102 valence electrons. The number of aliphatic carboxylic acids is 1. The van der Waals surface area contributed by atoms with E-state index in [1.54, 1.807) is 0 Å². The number of piperidine rings is 1. The minimum atomic E-state index is -0.636. The van der Waals surface area contributed by atoms with Crippen molar-refractivity contribution < 1.29 is 9.90 Å². The standard InChI is InChI=1S/C15H20N2O2/c18-15(19)13-6-8-16(9-7-13)17-10-5-12-3-1-2-4-14(12)11-17/h1-4,13H,5-11H2,(H,18,19). The fraction of sp³-hybridized carbons (Fsp3) is 0.533. The maximum atomic E-state index is 11.0. The molecule has 0 atom stereocenters. The van der Waals surface area contributed by atoms with Gasteiger partial charge in [-0.25, -0.2) is 10.0 Å². The summed E-state index contributed by atoms with van der Waals surface area (Å²) in [5.74, 6) is -0.781. The highest BCUT2D eigenvalue weighted by atomic mass is 16.4. The van der Waals surface area contributed by atoms with Crippen molar-refractivity contribution in [2.45, 2.75) is 25.8 Å². The average Bonchev–Trinajstić information content (AvgIpc) is 2.47. The molecule has 2 heterocycles. The van der Waals surface area contributed by atoms with E-state index in [0.29, 0.717) is 0 Å². The molecule has 1 saturated heterocycles. The van der Waals surface area contributed by atoms with Crippen LogP contribution >= 0.6 is 0 Å². The quantitative estimate of drug-likeness (QED) is 0.880. The lowest BCUT2D eigenvalue weighted by Gasteiger charge is -2.41. The first-order valence-electron chi connectivity index (χ1n) is 7.03. The fourth-order valence-corrected chi connectivity index (χ4v) is 3.12. The van der Waals surface area contributed by atoms with Crippen LogP contribution in [0.5, 0.6) is 0 Å². The predicted molar refractivity (Wildman–Crippen MR) is 72.5 cm³/mol. The molecule has 0 amide bonds. The van der Waals surface area contributed by atoms with Gasteiger partial charge in [0.15, 0.2) is 0 Å². The second-order valence-corrected chi connectivity index (χ2v) is 5.47. The number of hydrogen-bond donors (Lipinski definition) is 1. The Morgan fingerprint density at radius 3 is 2.42 bits per heavy atom. The van der Waals surface area contributed by atoms with Crippen molar-refractivity contribution >= 4 is 5.97 Å². The SMILES string of the molecule is O=C(O)C1CCN(N2CCc3ccccc3C2)CC1. The summed E-state index contributed by atoms with van der Waals surface area (Å²) in [5.41, 5.74) is 2.87. The third kappa shape index (κ3) is 2.65. The summed E-state index contributed by atoms with van der Waals surface area (Å²) < 4.78 is 0. The Bertz CT molecular complexity index is 467. The molecule has 1 aromatic carbocycles. The molecule has 19 heavy (non-hydrogen) atoms. The van der Waals surface area contributed by atoms with Gasteiger partial charge < -0.3 is 5.11 Å². The molecule has 0 saturated carbocycles. The number of nitrogens with zero attached hydrogens (tertiary/aromatic N) is 2. The number of hydrogen-bond acceptors (Lipinski definition) is 3. The Kier molecular flexibility index (Phi) is 3.53. The first kappa shape index (κ1) is 12.6. The smallest absolute Gasteiger partial charge is 0.306 e. The Balaban J connectivity index is 1.62. The number of benzene rings is 1. The van der Waals surface area contributed by atoms with Crippen molar-refractivity contribution in [1.29, 1.82) is 0 Å². The molecule has 1 fully saturated rings. The zero-order chi connectivity index (χ0) is 13.2. The second-order valence-electron chi connectivity index (χ2n) is 5.47. The number of rotatable bonds is 2. The summed E-state index contributed by atoms with van der Waals surface area (Å²) in [6, 6.07) is 8.61. The predicted octanol–water partition coefficient (Wildman–Crippen LogP) is 1.76. The number of carboxylic acid groups (broad SMARTS) is 1. The molecule has 0 bridgehead atoms. The summed E-state index contributed by atoms with van der Waals surface area (Å²) in [5, 5.41) is 13.8. The van der Waals surface area contributed by atoms with Gasteiger partial charge in [-0.3, -0.25) is 4.79 Å². The zero-order valence-electron chi connectivity index (χ0n) is 11.1. The van der Waals surface area contributed by atoms with Crippen molar-refractivity contribution in [2.75, 3.05) is 19.6 Å². The topological polar surface area (TPSA) is 43.8 Å².